The average molecular weight is 453 g/mol. The number of esters is 1. The molecular formula is C22H17BrN2O4. The molecule has 3 aromatic carbocycles. The van der Waals surface area contributed by atoms with Crippen LogP contribution in [0.5, 0.6) is 5.75 Å². The van der Waals surface area contributed by atoms with Gasteiger partial charge in [-0.3, -0.25) is 9.59 Å². The molecule has 3 aromatic rings. The van der Waals surface area contributed by atoms with Crippen LogP contribution in [0.15, 0.2) is 77.3 Å². The maximum absolute atomic E-state index is 12.6. The third-order valence-corrected chi connectivity index (χ3v) is 4.59. The maximum atomic E-state index is 12.6. The first kappa shape index (κ1) is 20.3. The fraction of sp³-hybridized carbons (Fsp3) is 0.0455. The van der Waals surface area contributed by atoms with Gasteiger partial charge in [0.25, 0.3) is 5.91 Å². The highest BCUT2D eigenvalue weighted by Gasteiger charge is 2.17. The summed E-state index contributed by atoms with van der Waals surface area (Å²) in [6, 6.07) is 20.0. The van der Waals surface area contributed by atoms with Crippen LogP contribution < -0.4 is 15.4 Å². The third kappa shape index (κ3) is 5.30. The second kappa shape index (κ2) is 9.16. The Morgan fingerprint density at radius 1 is 0.793 bits per heavy atom. The lowest BCUT2D eigenvalue weighted by atomic mass is 10.1. The first-order valence-electron chi connectivity index (χ1n) is 8.69. The van der Waals surface area contributed by atoms with Crippen LogP contribution in [0.3, 0.4) is 0 Å². The summed E-state index contributed by atoms with van der Waals surface area (Å²) >= 11 is 3.34. The minimum Gasteiger partial charge on any atom is -0.423 e. The van der Waals surface area contributed by atoms with Gasteiger partial charge in [0, 0.05) is 17.1 Å². The van der Waals surface area contributed by atoms with Gasteiger partial charge >= 0.3 is 5.97 Å². The van der Waals surface area contributed by atoms with Crippen LogP contribution in [0.4, 0.5) is 11.4 Å². The molecule has 7 heteroatoms. The van der Waals surface area contributed by atoms with E-state index in [1.807, 2.05) is 6.07 Å². The minimum atomic E-state index is -0.611. The van der Waals surface area contributed by atoms with E-state index in [9.17, 15) is 14.4 Å². The van der Waals surface area contributed by atoms with Crippen LogP contribution in [-0.4, -0.2) is 17.8 Å². The van der Waals surface area contributed by atoms with Crippen molar-refractivity contribution >= 4 is 45.1 Å². The molecule has 0 heterocycles. The Morgan fingerprint density at radius 3 is 2.07 bits per heavy atom. The van der Waals surface area contributed by atoms with E-state index in [2.05, 4.69) is 26.6 Å². The van der Waals surface area contributed by atoms with Crippen LogP contribution >= 0.6 is 15.9 Å². The van der Waals surface area contributed by atoms with Crippen LogP contribution in [0.1, 0.15) is 27.6 Å². The van der Waals surface area contributed by atoms with Crippen molar-refractivity contribution in [2.24, 2.45) is 0 Å². The monoisotopic (exact) mass is 452 g/mol. The second-order valence-electron chi connectivity index (χ2n) is 6.07. The van der Waals surface area contributed by atoms with Crippen molar-refractivity contribution in [3.8, 4) is 5.75 Å². The van der Waals surface area contributed by atoms with E-state index >= 15 is 0 Å². The van der Waals surface area contributed by atoms with Crippen molar-refractivity contribution in [1.29, 1.82) is 0 Å². The number of nitrogens with one attached hydrogen (secondary N) is 2. The van der Waals surface area contributed by atoms with E-state index in [-0.39, 0.29) is 17.4 Å². The van der Waals surface area contributed by atoms with Crippen LogP contribution in [0.25, 0.3) is 0 Å². The van der Waals surface area contributed by atoms with Gasteiger partial charge in [-0.1, -0.05) is 24.3 Å². The highest BCUT2D eigenvalue weighted by atomic mass is 79.9. The van der Waals surface area contributed by atoms with E-state index in [4.69, 9.17) is 4.74 Å². The molecule has 0 spiro atoms. The van der Waals surface area contributed by atoms with Crippen LogP contribution in [0.2, 0.25) is 0 Å². The van der Waals surface area contributed by atoms with Gasteiger partial charge in [-0.15, -0.1) is 0 Å². The molecule has 0 radical (unpaired) electrons. The standard InChI is InChI=1S/C22H17BrN2O4/c1-14(26)24-15-10-12-16(13-11-15)29-22(28)18-7-3-5-9-20(18)25-21(27)17-6-2-4-8-19(17)23/h2-13H,1H3,(H,24,26)(H,25,27). The minimum absolute atomic E-state index is 0.190. The fourth-order valence-corrected chi connectivity index (χ4v) is 3.04. The predicted molar refractivity (Wildman–Crippen MR) is 114 cm³/mol. The zero-order valence-electron chi connectivity index (χ0n) is 15.4. The molecule has 146 valence electrons. The Balaban J connectivity index is 1.76. The summed E-state index contributed by atoms with van der Waals surface area (Å²) in [5.74, 6) is -0.835. The number of hydrogen-bond acceptors (Lipinski definition) is 4. The number of rotatable bonds is 5. The molecule has 0 aliphatic rings. The van der Waals surface area contributed by atoms with E-state index in [0.717, 1.165) is 0 Å². The summed E-state index contributed by atoms with van der Waals surface area (Å²) in [5.41, 5.74) is 1.61. The van der Waals surface area contributed by atoms with Gasteiger partial charge in [-0.25, -0.2) is 4.79 Å². The lowest BCUT2D eigenvalue weighted by Crippen LogP contribution is -2.17. The molecule has 0 bridgehead atoms. The zero-order chi connectivity index (χ0) is 20.8. The van der Waals surface area contributed by atoms with Gasteiger partial charge in [0.05, 0.1) is 16.8 Å². The molecule has 6 nitrogen and oxygen atoms in total. The summed E-state index contributed by atoms with van der Waals surface area (Å²) in [4.78, 5) is 36.3. The predicted octanol–water partition coefficient (Wildman–Crippen LogP) is 4.88. The summed E-state index contributed by atoms with van der Waals surface area (Å²) in [7, 11) is 0. The number of carbonyl (C=O) groups excluding carboxylic acids is 3. The molecule has 2 amide bonds. The zero-order valence-corrected chi connectivity index (χ0v) is 17.0. The first-order valence-corrected chi connectivity index (χ1v) is 9.48. The lowest BCUT2D eigenvalue weighted by molar-refractivity contribution is -0.114. The van der Waals surface area contributed by atoms with E-state index in [0.29, 0.717) is 27.2 Å². The van der Waals surface area contributed by atoms with Crippen molar-refractivity contribution in [3.63, 3.8) is 0 Å². The molecule has 0 aliphatic carbocycles. The number of para-hydroxylation sites is 1. The number of ether oxygens (including phenoxy) is 1. The third-order valence-electron chi connectivity index (χ3n) is 3.90. The molecule has 0 unspecified atom stereocenters. The molecule has 2 N–H and O–H groups in total. The molecule has 3 rings (SSSR count). The number of carbonyl (C=O) groups is 3. The Morgan fingerprint density at radius 2 is 1.41 bits per heavy atom. The van der Waals surface area contributed by atoms with Crippen molar-refractivity contribution in [2.75, 3.05) is 10.6 Å². The Bertz CT molecular complexity index is 1060. The molecule has 0 aliphatic heterocycles. The first-order chi connectivity index (χ1) is 13.9. The van der Waals surface area contributed by atoms with E-state index < -0.39 is 5.97 Å². The Labute approximate surface area is 176 Å². The second-order valence-corrected chi connectivity index (χ2v) is 6.93. The van der Waals surface area contributed by atoms with Crippen LogP contribution in [-0.2, 0) is 4.79 Å². The highest BCUT2D eigenvalue weighted by Crippen LogP contribution is 2.22. The molecular weight excluding hydrogens is 436 g/mol. The Hall–Kier alpha value is -3.45. The van der Waals surface area contributed by atoms with Crippen molar-refractivity contribution in [2.45, 2.75) is 6.92 Å². The summed E-state index contributed by atoms with van der Waals surface area (Å²) in [5, 5.41) is 5.38. The normalized spacial score (nSPS) is 10.1. The molecule has 0 fully saturated rings. The maximum Gasteiger partial charge on any atom is 0.345 e. The summed E-state index contributed by atoms with van der Waals surface area (Å²) < 4.78 is 6.05. The smallest absolute Gasteiger partial charge is 0.345 e. The summed E-state index contributed by atoms with van der Waals surface area (Å²) in [6.45, 7) is 1.41. The fourth-order valence-electron chi connectivity index (χ4n) is 2.58. The van der Waals surface area contributed by atoms with Gasteiger partial charge in [0.1, 0.15) is 5.75 Å². The topological polar surface area (TPSA) is 84.5 Å². The Kier molecular flexibility index (Phi) is 6.41. The molecule has 0 saturated carbocycles. The lowest BCUT2D eigenvalue weighted by Gasteiger charge is -2.12. The van der Waals surface area contributed by atoms with Crippen LogP contribution in [0, 0.1) is 0 Å². The highest BCUT2D eigenvalue weighted by molar-refractivity contribution is 9.10. The number of halogens is 1. The quantitative estimate of drug-likeness (QED) is 0.426. The van der Waals surface area contributed by atoms with Crippen molar-refractivity contribution in [1.82, 2.24) is 0 Å². The molecule has 0 saturated heterocycles. The number of hydrogen-bond donors (Lipinski definition) is 2. The van der Waals surface area contributed by atoms with Gasteiger partial charge in [-0.2, -0.15) is 0 Å². The van der Waals surface area contributed by atoms with Gasteiger partial charge < -0.3 is 15.4 Å². The number of amides is 2. The van der Waals surface area contributed by atoms with E-state index in [1.165, 1.54) is 6.92 Å². The largest absolute Gasteiger partial charge is 0.423 e. The molecule has 29 heavy (non-hydrogen) atoms. The number of benzene rings is 3. The molecule has 0 atom stereocenters. The van der Waals surface area contributed by atoms with Crippen molar-refractivity contribution in [3.05, 3.63) is 88.4 Å². The SMILES string of the molecule is CC(=O)Nc1ccc(OC(=O)c2ccccc2NC(=O)c2ccccc2Br)cc1. The molecule has 0 aromatic heterocycles. The van der Waals surface area contributed by atoms with Gasteiger partial charge in [-0.05, 0) is 64.5 Å². The number of anilines is 2. The van der Waals surface area contributed by atoms with Gasteiger partial charge in [0.15, 0.2) is 0 Å². The van der Waals surface area contributed by atoms with Crippen molar-refractivity contribution < 1.29 is 19.1 Å². The average Bonchev–Trinajstić information content (AvgIpc) is 2.69. The van der Waals surface area contributed by atoms with E-state index in [1.54, 1.807) is 66.7 Å². The summed E-state index contributed by atoms with van der Waals surface area (Å²) in [6.07, 6.45) is 0. The van der Waals surface area contributed by atoms with Gasteiger partial charge in [0.2, 0.25) is 5.91 Å².